The van der Waals surface area contributed by atoms with E-state index in [-0.39, 0.29) is 12.1 Å². The van der Waals surface area contributed by atoms with Crippen LogP contribution < -0.4 is 5.32 Å². The Morgan fingerprint density at radius 3 is 2.94 bits per heavy atom. The second kappa shape index (κ2) is 6.40. The van der Waals surface area contributed by atoms with E-state index in [0.717, 1.165) is 31.6 Å². The summed E-state index contributed by atoms with van der Waals surface area (Å²) in [5.41, 5.74) is 1.02. The molecular weight excluding hydrogens is 228 g/mol. The van der Waals surface area contributed by atoms with E-state index < -0.39 is 0 Å². The standard InChI is InChI=1S/C14H20N2O2/c1-2-13-10-15-8-9-16(13)14(17)18-11-12-6-4-3-5-7-12/h3-7,13,15H,2,8-11H2,1H3/t13-/m1/s1. The first-order chi connectivity index (χ1) is 8.81. The van der Waals surface area contributed by atoms with E-state index in [9.17, 15) is 4.79 Å². The molecule has 2 rings (SSSR count). The fourth-order valence-electron chi connectivity index (χ4n) is 2.17. The lowest BCUT2D eigenvalue weighted by Crippen LogP contribution is -2.53. The third-order valence-corrected chi connectivity index (χ3v) is 3.26. The number of carbonyl (C=O) groups is 1. The lowest BCUT2D eigenvalue weighted by atomic mass is 10.1. The first-order valence-corrected chi connectivity index (χ1v) is 6.49. The average molecular weight is 248 g/mol. The van der Waals surface area contributed by atoms with E-state index in [1.54, 1.807) is 0 Å². The van der Waals surface area contributed by atoms with Crippen molar-refractivity contribution in [1.29, 1.82) is 0 Å². The number of rotatable bonds is 3. The van der Waals surface area contributed by atoms with Crippen LogP contribution in [0.4, 0.5) is 4.79 Å². The third kappa shape index (κ3) is 3.23. The Bertz CT molecular complexity index is 381. The Balaban J connectivity index is 1.87. The van der Waals surface area contributed by atoms with Gasteiger partial charge in [-0.1, -0.05) is 37.3 Å². The second-order valence-electron chi connectivity index (χ2n) is 4.50. The van der Waals surface area contributed by atoms with Crippen molar-refractivity contribution in [2.75, 3.05) is 19.6 Å². The smallest absolute Gasteiger partial charge is 0.410 e. The summed E-state index contributed by atoms with van der Waals surface area (Å²) >= 11 is 0. The van der Waals surface area contributed by atoms with Crippen LogP contribution in [0.5, 0.6) is 0 Å². The summed E-state index contributed by atoms with van der Waals surface area (Å²) < 4.78 is 5.36. The summed E-state index contributed by atoms with van der Waals surface area (Å²) in [7, 11) is 0. The van der Waals surface area contributed by atoms with Crippen LogP contribution in [0.2, 0.25) is 0 Å². The summed E-state index contributed by atoms with van der Waals surface area (Å²) in [5, 5.41) is 3.29. The maximum absolute atomic E-state index is 12.0. The van der Waals surface area contributed by atoms with Gasteiger partial charge in [0.25, 0.3) is 0 Å². The van der Waals surface area contributed by atoms with Crippen LogP contribution in [0.15, 0.2) is 30.3 Å². The molecule has 1 atom stereocenters. The lowest BCUT2D eigenvalue weighted by Gasteiger charge is -2.34. The zero-order chi connectivity index (χ0) is 12.8. The molecule has 1 saturated heterocycles. The van der Waals surface area contributed by atoms with Crippen molar-refractivity contribution in [2.24, 2.45) is 0 Å². The maximum Gasteiger partial charge on any atom is 0.410 e. The van der Waals surface area contributed by atoms with Crippen LogP contribution >= 0.6 is 0 Å². The average Bonchev–Trinajstić information content (AvgIpc) is 2.45. The fraction of sp³-hybridized carbons (Fsp3) is 0.500. The molecule has 98 valence electrons. The highest BCUT2D eigenvalue weighted by atomic mass is 16.6. The minimum absolute atomic E-state index is 0.202. The summed E-state index contributed by atoms with van der Waals surface area (Å²) in [5.74, 6) is 0. The van der Waals surface area contributed by atoms with Gasteiger partial charge in [0.05, 0.1) is 0 Å². The van der Waals surface area contributed by atoms with Crippen LogP contribution in [0.1, 0.15) is 18.9 Å². The molecule has 1 aromatic rings. The van der Waals surface area contributed by atoms with Crippen LogP contribution in [0, 0.1) is 0 Å². The van der Waals surface area contributed by atoms with Crippen LogP contribution in [-0.2, 0) is 11.3 Å². The zero-order valence-electron chi connectivity index (χ0n) is 10.8. The predicted octanol–water partition coefficient (Wildman–Crippen LogP) is 2.01. The molecule has 0 spiro atoms. The molecule has 1 N–H and O–H groups in total. The summed E-state index contributed by atoms with van der Waals surface area (Å²) in [6.45, 7) is 4.87. The van der Waals surface area contributed by atoms with Crippen molar-refractivity contribution in [1.82, 2.24) is 10.2 Å². The van der Waals surface area contributed by atoms with E-state index in [0.29, 0.717) is 6.61 Å². The van der Waals surface area contributed by atoms with E-state index >= 15 is 0 Å². The Labute approximate surface area is 108 Å². The molecule has 1 heterocycles. The first kappa shape index (κ1) is 12.9. The van der Waals surface area contributed by atoms with E-state index in [2.05, 4.69) is 12.2 Å². The number of amides is 1. The molecule has 1 aliphatic heterocycles. The highest BCUT2D eigenvalue weighted by Gasteiger charge is 2.26. The lowest BCUT2D eigenvalue weighted by molar-refractivity contribution is 0.0713. The fourth-order valence-corrected chi connectivity index (χ4v) is 2.17. The van der Waals surface area contributed by atoms with Crippen molar-refractivity contribution in [3.8, 4) is 0 Å². The van der Waals surface area contributed by atoms with E-state index in [4.69, 9.17) is 4.74 Å². The van der Waals surface area contributed by atoms with Gasteiger partial charge in [-0.25, -0.2) is 4.79 Å². The van der Waals surface area contributed by atoms with Crippen molar-refractivity contribution in [2.45, 2.75) is 26.0 Å². The number of nitrogens with zero attached hydrogens (tertiary/aromatic N) is 1. The maximum atomic E-state index is 12.0. The number of piperazine rings is 1. The molecule has 18 heavy (non-hydrogen) atoms. The molecule has 0 aromatic heterocycles. The molecule has 0 aliphatic carbocycles. The van der Waals surface area contributed by atoms with Gasteiger partial charge in [0.2, 0.25) is 0 Å². The molecule has 1 fully saturated rings. The molecule has 4 nitrogen and oxygen atoms in total. The highest BCUT2D eigenvalue weighted by Crippen LogP contribution is 2.10. The Hall–Kier alpha value is -1.55. The Morgan fingerprint density at radius 1 is 1.44 bits per heavy atom. The predicted molar refractivity (Wildman–Crippen MR) is 70.3 cm³/mol. The normalized spacial score (nSPS) is 19.6. The van der Waals surface area contributed by atoms with Gasteiger partial charge in [-0.15, -0.1) is 0 Å². The molecule has 0 saturated carbocycles. The summed E-state index contributed by atoms with van der Waals surface area (Å²) in [6.07, 6.45) is 0.750. The van der Waals surface area contributed by atoms with Gasteiger partial charge in [-0.2, -0.15) is 0 Å². The monoisotopic (exact) mass is 248 g/mol. The van der Waals surface area contributed by atoms with Crippen LogP contribution in [0.3, 0.4) is 0 Å². The van der Waals surface area contributed by atoms with E-state index in [1.165, 1.54) is 0 Å². The highest BCUT2D eigenvalue weighted by molar-refractivity contribution is 5.68. The van der Waals surface area contributed by atoms with Gasteiger partial charge < -0.3 is 15.0 Å². The van der Waals surface area contributed by atoms with E-state index in [1.807, 2.05) is 35.2 Å². The molecule has 1 aliphatic rings. The molecule has 4 heteroatoms. The van der Waals surface area contributed by atoms with Gasteiger partial charge in [-0.3, -0.25) is 0 Å². The second-order valence-corrected chi connectivity index (χ2v) is 4.50. The topological polar surface area (TPSA) is 41.6 Å². The van der Waals surface area contributed by atoms with Gasteiger partial charge in [-0.05, 0) is 12.0 Å². The van der Waals surface area contributed by atoms with Crippen molar-refractivity contribution in [3.63, 3.8) is 0 Å². The number of hydrogen-bond donors (Lipinski definition) is 1. The van der Waals surface area contributed by atoms with Gasteiger partial charge >= 0.3 is 6.09 Å². The van der Waals surface area contributed by atoms with Gasteiger partial charge in [0, 0.05) is 25.7 Å². The summed E-state index contributed by atoms with van der Waals surface area (Å²) in [6, 6.07) is 10.0. The minimum atomic E-state index is -0.202. The SMILES string of the molecule is CC[C@@H]1CNCCN1C(=O)OCc1ccccc1. The molecule has 1 aromatic carbocycles. The minimum Gasteiger partial charge on any atom is -0.445 e. The quantitative estimate of drug-likeness (QED) is 0.889. The number of benzene rings is 1. The Morgan fingerprint density at radius 2 is 2.22 bits per heavy atom. The third-order valence-electron chi connectivity index (χ3n) is 3.26. The van der Waals surface area contributed by atoms with Crippen LogP contribution in [0.25, 0.3) is 0 Å². The molecular formula is C14H20N2O2. The number of hydrogen-bond acceptors (Lipinski definition) is 3. The van der Waals surface area contributed by atoms with Crippen molar-refractivity contribution < 1.29 is 9.53 Å². The summed E-state index contributed by atoms with van der Waals surface area (Å²) in [4.78, 5) is 13.8. The Kier molecular flexibility index (Phi) is 4.59. The largest absolute Gasteiger partial charge is 0.445 e. The zero-order valence-corrected chi connectivity index (χ0v) is 10.8. The van der Waals surface area contributed by atoms with Crippen molar-refractivity contribution >= 4 is 6.09 Å². The van der Waals surface area contributed by atoms with Gasteiger partial charge in [0.1, 0.15) is 6.61 Å². The molecule has 0 bridgehead atoms. The number of ether oxygens (including phenoxy) is 1. The number of nitrogens with one attached hydrogen (secondary N) is 1. The van der Waals surface area contributed by atoms with Gasteiger partial charge in [0.15, 0.2) is 0 Å². The molecule has 1 amide bonds. The number of carbonyl (C=O) groups excluding carboxylic acids is 1. The first-order valence-electron chi connectivity index (χ1n) is 6.49. The van der Waals surface area contributed by atoms with Crippen LogP contribution in [-0.4, -0.2) is 36.7 Å². The molecule has 0 radical (unpaired) electrons. The molecule has 0 unspecified atom stereocenters. The van der Waals surface area contributed by atoms with Crippen molar-refractivity contribution in [3.05, 3.63) is 35.9 Å².